The Morgan fingerprint density at radius 1 is 1.03 bits per heavy atom. The molecule has 0 aromatic carbocycles. The summed E-state index contributed by atoms with van der Waals surface area (Å²) in [6, 6.07) is 0. The number of nitrogens with one attached hydrogen (secondary N) is 2. The van der Waals surface area contributed by atoms with E-state index in [1.54, 1.807) is 13.8 Å². The van der Waals surface area contributed by atoms with Gasteiger partial charge in [-0.1, -0.05) is 34.6 Å². The van der Waals surface area contributed by atoms with Gasteiger partial charge in [0, 0.05) is 31.9 Å². The number of hydrogen-bond acceptors (Lipinski definition) is 6. The third-order valence-electron chi connectivity index (χ3n) is 4.96. The molecule has 0 unspecified atom stereocenters. The van der Waals surface area contributed by atoms with E-state index in [1.165, 1.54) is 6.92 Å². The van der Waals surface area contributed by atoms with Crippen molar-refractivity contribution in [3.63, 3.8) is 0 Å². The van der Waals surface area contributed by atoms with Gasteiger partial charge in [0.2, 0.25) is 11.8 Å². The lowest BCUT2D eigenvalue weighted by atomic mass is 9.86. The summed E-state index contributed by atoms with van der Waals surface area (Å²) in [6.45, 7) is 15.2. The van der Waals surface area contributed by atoms with E-state index in [0.717, 1.165) is 0 Å². The first-order valence-electron chi connectivity index (χ1n) is 9.63. The van der Waals surface area contributed by atoms with Crippen LogP contribution in [0.4, 0.5) is 0 Å². The topological polar surface area (TPSA) is 137 Å². The summed E-state index contributed by atoms with van der Waals surface area (Å²) in [5.41, 5.74) is 4.25. The molecule has 29 heavy (non-hydrogen) atoms. The average Bonchev–Trinajstić information content (AvgIpc) is 2.54. The molecule has 0 aliphatic heterocycles. The van der Waals surface area contributed by atoms with Crippen LogP contribution < -0.4 is 16.4 Å². The number of rotatable bonds is 11. The molecule has 0 radical (unpaired) electrons. The zero-order chi connectivity index (χ0) is 23.0. The number of primary amides is 1. The molecule has 0 aromatic heterocycles. The van der Waals surface area contributed by atoms with Crippen LogP contribution in [0.2, 0.25) is 18.1 Å². The van der Waals surface area contributed by atoms with Crippen molar-refractivity contribution >= 4 is 32.0 Å². The first-order valence-corrected chi connectivity index (χ1v) is 12.5. The molecule has 10 heteroatoms. The zero-order valence-electron chi connectivity index (χ0n) is 18.9. The van der Waals surface area contributed by atoms with Gasteiger partial charge >= 0.3 is 5.97 Å². The molecular formula is C19H37N3O6Si. The van der Waals surface area contributed by atoms with Gasteiger partial charge in [-0.2, -0.15) is 0 Å². The maximum atomic E-state index is 12.7. The van der Waals surface area contributed by atoms with Crippen LogP contribution in [0.3, 0.4) is 0 Å². The molecular weight excluding hydrogens is 394 g/mol. The fourth-order valence-electron chi connectivity index (χ4n) is 2.00. The van der Waals surface area contributed by atoms with Crippen LogP contribution in [-0.2, 0) is 28.3 Å². The summed E-state index contributed by atoms with van der Waals surface area (Å²) in [5.74, 6) is -2.23. The quantitative estimate of drug-likeness (QED) is 0.331. The summed E-state index contributed by atoms with van der Waals surface area (Å²) < 4.78 is 11.6. The normalized spacial score (nSPS) is 13.4. The molecule has 0 fully saturated rings. The molecule has 0 aromatic rings. The van der Waals surface area contributed by atoms with Gasteiger partial charge in [0.25, 0.3) is 5.91 Å². The molecule has 1 atom stereocenters. The Bertz CT molecular complexity index is 614. The number of ether oxygens (including phenoxy) is 1. The van der Waals surface area contributed by atoms with E-state index in [0.29, 0.717) is 0 Å². The lowest BCUT2D eigenvalue weighted by Crippen LogP contribution is -2.52. The predicted molar refractivity (Wildman–Crippen MR) is 112 cm³/mol. The smallest absolute Gasteiger partial charge is 0.326 e. The third kappa shape index (κ3) is 9.89. The van der Waals surface area contributed by atoms with Gasteiger partial charge in [-0.05, 0) is 18.1 Å². The lowest BCUT2D eigenvalue weighted by molar-refractivity contribution is -0.164. The number of carbonyl (C=O) groups is 4. The first kappa shape index (κ1) is 27.1. The predicted octanol–water partition coefficient (Wildman–Crippen LogP) is 1.07. The Morgan fingerprint density at radius 2 is 1.59 bits per heavy atom. The van der Waals surface area contributed by atoms with E-state index >= 15 is 0 Å². The van der Waals surface area contributed by atoms with Crippen molar-refractivity contribution in [1.82, 2.24) is 10.6 Å². The molecule has 0 rings (SSSR count). The second kappa shape index (κ2) is 10.7. The number of hydrogen-bond donors (Lipinski definition) is 3. The van der Waals surface area contributed by atoms with E-state index in [9.17, 15) is 19.2 Å². The molecule has 0 aliphatic carbocycles. The SMILES string of the molecule is CC(=O)NCC(=O)O[C@@H](C(=O)NCCC(N)=O)C(C)(C)CO[Si](C)(C)C(C)(C)C. The number of amides is 3. The highest BCUT2D eigenvalue weighted by atomic mass is 28.4. The van der Waals surface area contributed by atoms with Crippen molar-refractivity contribution < 1.29 is 28.3 Å². The van der Waals surface area contributed by atoms with Crippen LogP contribution in [0.15, 0.2) is 0 Å². The van der Waals surface area contributed by atoms with E-state index in [4.69, 9.17) is 14.9 Å². The number of carbonyl (C=O) groups excluding carboxylic acids is 4. The van der Waals surface area contributed by atoms with Crippen LogP contribution in [0.1, 0.15) is 48.0 Å². The van der Waals surface area contributed by atoms with E-state index < -0.39 is 37.6 Å². The van der Waals surface area contributed by atoms with Crippen molar-refractivity contribution in [2.75, 3.05) is 19.7 Å². The Balaban J connectivity index is 5.35. The molecule has 3 amide bonds. The fraction of sp³-hybridized carbons (Fsp3) is 0.789. The maximum Gasteiger partial charge on any atom is 0.326 e. The van der Waals surface area contributed by atoms with Crippen molar-refractivity contribution in [3.8, 4) is 0 Å². The van der Waals surface area contributed by atoms with Gasteiger partial charge < -0.3 is 25.5 Å². The monoisotopic (exact) mass is 431 g/mol. The van der Waals surface area contributed by atoms with Gasteiger partial charge in [-0.3, -0.25) is 19.2 Å². The second-order valence-corrected chi connectivity index (χ2v) is 14.1. The van der Waals surface area contributed by atoms with Crippen LogP contribution in [0.5, 0.6) is 0 Å². The zero-order valence-corrected chi connectivity index (χ0v) is 19.9. The third-order valence-corrected chi connectivity index (χ3v) is 9.44. The summed E-state index contributed by atoms with van der Waals surface area (Å²) in [4.78, 5) is 46.8. The molecule has 0 saturated heterocycles. The van der Waals surface area contributed by atoms with E-state index in [-0.39, 0.29) is 37.1 Å². The van der Waals surface area contributed by atoms with Gasteiger partial charge in [0.05, 0.1) is 0 Å². The molecule has 0 saturated carbocycles. The number of esters is 1. The fourth-order valence-corrected chi connectivity index (χ4v) is 3.16. The van der Waals surface area contributed by atoms with Crippen LogP contribution >= 0.6 is 0 Å². The van der Waals surface area contributed by atoms with Crippen LogP contribution in [-0.4, -0.2) is 57.8 Å². The van der Waals surface area contributed by atoms with Crippen LogP contribution in [0.25, 0.3) is 0 Å². The van der Waals surface area contributed by atoms with Crippen molar-refractivity contribution in [3.05, 3.63) is 0 Å². The molecule has 0 heterocycles. The minimum Gasteiger partial charge on any atom is -0.450 e. The molecule has 0 spiro atoms. The maximum absolute atomic E-state index is 12.7. The highest BCUT2D eigenvalue weighted by Gasteiger charge is 2.43. The molecule has 0 aliphatic rings. The highest BCUT2D eigenvalue weighted by molar-refractivity contribution is 6.74. The van der Waals surface area contributed by atoms with Crippen molar-refractivity contribution in [2.45, 2.75) is 72.2 Å². The number of nitrogens with two attached hydrogens (primary N) is 1. The van der Waals surface area contributed by atoms with Crippen LogP contribution in [0, 0.1) is 5.41 Å². The summed E-state index contributed by atoms with van der Waals surface area (Å²) >= 11 is 0. The molecule has 168 valence electrons. The minimum atomic E-state index is -2.10. The summed E-state index contributed by atoms with van der Waals surface area (Å²) in [6.07, 6.45) is -1.19. The lowest BCUT2D eigenvalue weighted by Gasteiger charge is -2.40. The second-order valence-electron chi connectivity index (χ2n) is 9.32. The molecule has 0 bridgehead atoms. The van der Waals surface area contributed by atoms with Crippen molar-refractivity contribution in [2.24, 2.45) is 11.1 Å². The minimum absolute atomic E-state index is 0.0234. The van der Waals surface area contributed by atoms with Gasteiger partial charge in [0.15, 0.2) is 14.4 Å². The van der Waals surface area contributed by atoms with Crippen molar-refractivity contribution in [1.29, 1.82) is 0 Å². The average molecular weight is 432 g/mol. The van der Waals surface area contributed by atoms with Gasteiger partial charge in [0.1, 0.15) is 6.54 Å². The van der Waals surface area contributed by atoms with Gasteiger partial charge in [-0.25, -0.2) is 0 Å². The molecule has 9 nitrogen and oxygen atoms in total. The Hall–Kier alpha value is -1.94. The largest absolute Gasteiger partial charge is 0.450 e. The standard InChI is InChI=1S/C19H37N3O6Si/c1-13(23)22-11-15(25)28-16(17(26)21-10-9-14(20)24)19(5,6)12-27-29(7,8)18(2,3)4/h16H,9-12H2,1-8H3,(H2,20,24)(H,21,26)(H,22,23)/t16-/m0/s1. The Kier molecular flexibility index (Phi) is 10.0. The summed E-state index contributed by atoms with van der Waals surface area (Å²) in [5, 5.41) is 4.89. The Morgan fingerprint density at radius 3 is 2.03 bits per heavy atom. The van der Waals surface area contributed by atoms with E-state index in [1.807, 2.05) is 0 Å². The molecule has 4 N–H and O–H groups in total. The summed E-state index contributed by atoms with van der Waals surface area (Å²) in [7, 11) is -2.10. The highest BCUT2D eigenvalue weighted by Crippen LogP contribution is 2.38. The van der Waals surface area contributed by atoms with Gasteiger partial charge in [-0.15, -0.1) is 0 Å². The first-order chi connectivity index (χ1) is 13.0. The van der Waals surface area contributed by atoms with E-state index in [2.05, 4.69) is 44.5 Å². The Labute approximate surface area is 174 Å².